The molecule has 2 amide bonds. The Labute approximate surface area is 220 Å². The zero-order valence-electron chi connectivity index (χ0n) is 22.3. The second-order valence-electron chi connectivity index (χ2n) is 10.3. The molecule has 0 unspecified atom stereocenters. The number of alkyl carbamates (subject to hydrolysis) is 1. The largest absolute Gasteiger partial charge is 0.494 e. The molecule has 1 N–H and O–H groups in total. The third-order valence-electron chi connectivity index (χ3n) is 6.09. The van der Waals surface area contributed by atoms with Crippen molar-refractivity contribution in [2.75, 3.05) is 39.3 Å². The molecule has 0 saturated carbocycles. The molecule has 1 aliphatic heterocycles. The van der Waals surface area contributed by atoms with Crippen LogP contribution in [0.5, 0.6) is 5.75 Å². The van der Waals surface area contributed by atoms with Gasteiger partial charge in [-0.05, 0) is 82.5 Å². The number of hydrogen-bond donors (Lipinski definition) is 1. The van der Waals surface area contributed by atoms with Gasteiger partial charge in [0, 0.05) is 26.2 Å². The SMILES string of the molecule is C[C@@H](NC(=O)OC(C)(C)C)C(=O)N1CCCN(CCCOc2ccc(-c3ccc(C#N)cc3)cc2)CC1. The van der Waals surface area contributed by atoms with E-state index in [2.05, 4.69) is 16.3 Å². The lowest BCUT2D eigenvalue weighted by Crippen LogP contribution is -2.49. The number of carbonyl (C=O) groups is 2. The van der Waals surface area contributed by atoms with E-state index in [4.69, 9.17) is 14.7 Å². The van der Waals surface area contributed by atoms with Gasteiger partial charge >= 0.3 is 6.09 Å². The summed E-state index contributed by atoms with van der Waals surface area (Å²) >= 11 is 0. The van der Waals surface area contributed by atoms with Crippen molar-refractivity contribution in [1.29, 1.82) is 5.26 Å². The summed E-state index contributed by atoms with van der Waals surface area (Å²) in [7, 11) is 0. The van der Waals surface area contributed by atoms with E-state index in [1.54, 1.807) is 27.7 Å². The van der Waals surface area contributed by atoms with Crippen molar-refractivity contribution in [3.05, 3.63) is 54.1 Å². The lowest BCUT2D eigenvalue weighted by molar-refractivity contribution is -0.132. The summed E-state index contributed by atoms with van der Waals surface area (Å²) in [6.45, 7) is 11.6. The Hall–Kier alpha value is -3.57. The van der Waals surface area contributed by atoms with Crippen molar-refractivity contribution in [2.45, 2.75) is 52.2 Å². The van der Waals surface area contributed by atoms with Crippen LogP contribution in [0.2, 0.25) is 0 Å². The molecule has 1 aliphatic rings. The summed E-state index contributed by atoms with van der Waals surface area (Å²) in [6, 6.07) is 17.0. The van der Waals surface area contributed by atoms with E-state index >= 15 is 0 Å². The average Bonchev–Trinajstić information content (AvgIpc) is 3.11. The molecule has 3 rings (SSSR count). The second kappa shape index (κ2) is 13.1. The molecular weight excluding hydrogens is 468 g/mol. The van der Waals surface area contributed by atoms with Gasteiger partial charge in [0.1, 0.15) is 17.4 Å². The van der Waals surface area contributed by atoms with Crippen LogP contribution in [0.15, 0.2) is 48.5 Å². The van der Waals surface area contributed by atoms with Crippen molar-refractivity contribution in [1.82, 2.24) is 15.1 Å². The van der Waals surface area contributed by atoms with Crippen LogP contribution in [0.4, 0.5) is 4.79 Å². The number of ether oxygens (including phenoxy) is 2. The Balaban J connectivity index is 1.37. The third-order valence-corrected chi connectivity index (χ3v) is 6.09. The maximum absolute atomic E-state index is 12.8. The molecule has 0 radical (unpaired) electrons. The van der Waals surface area contributed by atoms with Crippen LogP contribution in [0.25, 0.3) is 11.1 Å². The molecular formula is C29H38N4O4. The van der Waals surface area contributed by atoms with Crippen molar-refractivity contribution in [3.8, 4) is 22.9 Å². The Morgan fingerprint density at radius 2 is 1.65 bits per heavy atom. The van der Waals surface area contributed by atoms with Crippen molar-refractivity contribution >= 4 is 12.0 Å². The van der Waals surface area contributed by atoms with Crippen LogP contribution in [0.3, 0.4) is 0 Å². The Bertz CT molecular complexity index is 1070. The number of hydrogen-bond acceptors (Lipinski definition) is 6. The molecule has 8 heteroatoms. The molecule has 1 fully saturated rings. The van der Waals surface area contributed by atoms with Crippen LogP contribution in [0, 0.1) is 11.3 Å². The number of carbonyl (C=O) groups excluding carboxylic acids is 2. The highest BCUT2D eigenvalue weighted by Gasteiger charge is 2.26. The highest BCUT2D eigenvalue weighted by atomic mass is 16.6. The zero-order chi connectivity index (χ0) is 26.8. The molecule has 1 heterocycles. The number of rotatable bonds is 8. The standard InChI is InChI=1S/C29H38N4O4/c1-22(31-28(35)37-29(2,3)4)27(34)33-17-5-15-32(18-19-33)16-6-20-36-26-13-11-25(12-14-26)24-9-7-23(21-30)8-10-24/h7-14,22H,5-6,15-20H2,1-4H3,(H,31,35)/t22-/m1/s1. The normalized spacial score (nSPS) is 15.3. The average molecular weight is 507 g/mol. The highest BCUT2D eigenvalue weighted by molar-refractivity contribution is 5.85. The minimum Gasteiger partial charge on any atom is -0.494 e. The summed E-state index contributed by atoms with van der Waals surface area (Å²) in [5.41, 5.74) is 2.19. The van der Waals surface area contributed by atoms with Gasteiger partial charge in [-0.15, -0.1) is 0 Å². The predicted molar refractivity (Wildman–Crippen MR) is 143 cm³/mol. The number of benzene rings is 2. The zero-order valence-corrected chi connectivity index (χ0v) is 22.3. The fourth-order valence-electron chi connectivity index (χ4n) is 4.19. The molecule has 0 bridgehead atoms. The lowest BCUT2D eigenvalue weighted by atomic mass is 10.0. The van der Waals surface area contributed by atoms with Crippen LogP contribution < -0.4 is 10.1 Å². The number of amides is 2. The predicted octanol–water partition coefficient (Wildman–Crippen LogP) is 4.44. The van der Waals surface area contributed by atoms with Gasteiger partial charge in [-0.3, -0.25) is 4.79 Å². The van der Waals surface area contributed by atoms with Crippen molar-refractivity contribution < 1.29 is 19.1 Å². The van der Waals surface area contributed by atoms with E-state index in [1.807, 2.05) is 53.4 Å². The van der Waals surface area contributed by atoms with E-state index in [-0.39, 0.29) is 5.91 Å². The summed E-state index contributed by atoms with van der Waals surface area (Å²) in [4.78, 5) is 29.0. The van der Waals surface area contributed by atoms with E-state index in [0.29, 0.717) is 25.3 Å². The van der Waals surface area contributed by atoms with Crippen molar-refractivity contribution in [2.24, 2.45) is 0 Å². The monoisotopic (exact) mass is 506 g/mol. The van der Waals surface area contributed by atoms with Crippen LogP contribution in [-0.2, 0) is 9.53 Å². The van der Waals surface area contributed by atoms with E-state index in [1.165, 1.54) is 0 Å². The summed E-state index contributed by atoms with van der Waals surface area (Å²) in [5.74, 6) is 0.747. The summed E-state index contributed by atoms with van der Waals surface area (Å²) < 4.78 is 11.2. The van der Waals surface area contributed by atoms with Gasteiger partial charge in [-0.25, -0.2) is 4.79 Å². The number of nitriles is 1. The molecule has 0 spiro atoms. The van der Waals surface area contributed by atoms with E-state index < -0.39 is 17.7 Å². The Morgan fingerprint density at radius 1 is 1.00 bits per heavy atom. The molecule has 8 nitrogen and oxygen atoms in total. The van der Waals surface area contributed by atoms with Gasteiger partial charge in [0.2, 0.25) is 5.91 Å². The molecule has 2 aromatic rings. The van der Waals surface area contributed by atoms with Gasteiger partial charge in [-0.1, -0.05) is 24.3 Å². The van der Waals surface area contributed by atoms with Gasteiger partial charge in [0.25, 0.3) is 0 Å². The van der Waals surface area contributed by atoms with Gasteiger partial charge in [-0.2, -0.15) is 5.26 Å². The molecule has 1 atom stereocenters. The fraction of sp³-hybridized carbons (Fsp3) is 0.483. The molecule has 1 saturated heterocycles. The smallest absolute Gasteiger partial charge is 0.408 e. The Morgan fingerprint density at radius 3 is 2.27 bits per heavy atom. The van der Waals surface area contributed by atoms with E-state index in [0.717, 1.165) is 49.4 Å². The van der Waals surface area contributed by atoms with Gasteiger partial charge < -0.3 is 24.6 Å². The first-order valence-electron chi connectivity index (χ1n) is 12.9. The molecule has 0 aliphatic carbocycles. The molecule has 198 valence electrons. The summed E-state index contributed by atoms with van der Waals surface area (Å²) in [5, 5.41) is 11.6. The quantitative estimate of drug-likeness (QED) is 0.532. The first kappa shape index (κ1) is 28.0. The first-order chi connectivity index (χ1) is 17.6. The Kier molecular flexibility index (Phi) is 9.93. The molecule has 37 heavy (non-hydrogen) atoms. The van der Waals surface area contributed by atoms with E-state index in [9.17, 15) is 9.59 Å². The molecule has 2 aromatic carbocycles. The lowest BCUT2D eigenvalue weighted by Gasteiger charge is -2.26. The van der Waals surface area contributed by atoms with Gasteiger partial charge in [0.15, 0.2) is 0 Å². The second-order valence-corrected chi connectivity index (χ2v) is 10.3. The van der Waals surface area contributed by atoms with Crippen LogP contribution in [-0.4, -0.2) is 72.8 Å². The molecule has 0 aromatic heterocycles. The van der Waals surface area contributed by atoms with Crippen molar-refractivity contribution in [3.63, 3.8) is 0 Å². The topological polar surface area (TPSA) is 94.9 Å². The van der Waals surface area contributed by atoms with Gasteiger partial charge in [0.05, 0.1) is 18.2 Å². The maximum atomic E-state index is 12.8. The number of nitrogens with one attached hydrogen (secondary N) is 1. The summed E-state index contributed by atoms with van der Waals surface area (Å²) in [6.07, 6.45) is 1.21. The van der Waals surface area contributed by atoms with Crippen LogP contribution >= 0.6 is 0 Å². The third kappa shape index (κ3) is 9.10. The highest BCUT2D eigenvalue weighted by Crippen LogP contribution is 2.23. The first-order valence-corrected chi connectivity index (χ1v) is 12.9. The maximum Gasteiger partial charge on any atom is 0.408 e. The number of nitrogens with zero attached hydrogens (tertiary/aromatic N) is 3. The minimum atomic E-state index is -0.627. The minimum absolute atomic E-state index is 0.0829. The fourth-order valence-corrected chi connectivity index (χ4v) is 4.19. The van der Waals surface area contributed by atoms with Crippen LogP contribution in [0.1, 0.15) is 46.1 Å².